The zero-order chi connectivity index (χ0) is 29.1. The molecule has 4 heterocycles. The molecule has 9 nitrogen and oxygen atoms in total. The normalized spacial score (nSPS) is 21.3. The number of carbonyl (C=O) groups excluding carboxylic acids is 1. The maximum absolute atomic E-state index is 12.2. The Kier molecular flexibility index (Phi) is 6.90. The summed E-state index contributed by atoms with van der Waals surface area (Å²) in [5.41, 5.74) is 9.23. The van der Waals surface area contributed by atoms with Crippen molar-refractivity contribution in [3.05, 3.63) is 70.7 Å². The van der Waals surface area contributed by atoms with Gasteiger partial charge in [-0.3, -0.25) is 19.6 Å². The first-order valence-electron chi connectivity index (χ1n) is 14.1. The van der Waals surface area contributed by atoms with Gasteiger partial charge in [0, 0.05) is 70.3 Å². The second-order valence-electron chi connectivity index (χ2n) is 12.0. The largest absolute Gasteiger partial charge is 0.389 e. The molecule has 0 spiro atoms. The van der Waals surface area contributed by atoms with Crippen LogP contribution in [0, 0.1) is 12.8 Å². The molecule has 3 aromatic rings. The Morgan fingerprint density at radius 1 is 1.24 bits per heavy atom. The van der Waals surface area contributed by atoms with Gasteiger partial charge >= 0.3 is 0 Å². The molecule has 0 saturated carbocycles. The molecule has 214 valence electrons. The van der Waals surface area contributed by atoms with Gasteiger partial charge in [0.2, 0.25) is 5.91 Å². The van der Waals surface area contributed by atoms with Crippen molar-refractivity contribution in [3.8, 4) is 11.3 Å². The van der Waals surface area contributed by atoms with Crippen LogP contribution in [0.1, 0.15) is 56.8 Å². The maximum Gasteiger partial charge on any atom is 0.245 e. The molecule has 10 heteroatoms. The number of aromatic nitrogens is 4. The van der Waals surface area contributed by atoms with Crippen molar-refractivity contribution in [1.29, 1.82) is 0 Å². The summed E-state index contributed by atoms with van der Waals surface area (Å²) in [7, 11) is 0. The van der Waals surface area contributed by atoms with Gasteiger partial charge in [0.15, 0.2) is 0 Å². The molecular weight excluding hydrogens is 538 g/mol. The van der Waals surface area contributed by atoms with E-state index < -0.39 is 5.60 Å². The number of fused-ring (bicyclic) bond motifs is 2. The first-order valence-corrected chi connectivity index (χ1v) is 14.5. The third kappa shape index (κ3) is 5.02. The molecule has 6 rings (SSSR count). The van der Waals surface area contributed by atoms with Crippen LogP contribution in [0.5, 0.6) is 0 Å². The van der Waals surface area contributed by atoms with Crippen molar-refractivity contribution < 1.29 is 9.90 Å². The maximum atomic E-state index is 12.2. The Hall–Kier alpha value is -3.69. The minimum absolute atomic E-state index is 0.00775. The third-order valence-electron chi connectivity index (χ3n) is 8.35. The smallest absolute Gasteiger partial charge is 0.245 e. The standard InChI is InChI=1S/C31H36ClN7O2/c1-6-26(40)37-11-9-22(10-12-37)39-19(3)27(28-23-15-33-34-25(23)13-18(2)29(28)32)30(36-39)20-7-8-24-21(14-20)16-38(35-24)17-31(4,5)41/h6-8,13-16,22-23,28,34,41H,1,9-12,17H2,2-5H3/t23?,28-/m1/s1. The molecule has 41 heavy (non-hydrogen) atoms. The van der Waals surface area contributed by atoms with Crippen LogP contribution in [-0.2, 0) is 11.3 Å². The van der Waals surface area contributed by atoms with E-state index in [2.05, 4.69) is 52.0 Å². The molecule has 3 aliphatic rings. The molecule has 0 radical (unpaired) electrons. The number of hydrogen-bond acceptors (Lipinski definition) is 6. The summed E-state index contributed by atoms with van der Waals surface area (Å²) >= 11 is 7.11. The Labute approximate surface area is 244 Å². The van der Waals surface area contributed by atoms with Gasteiger partial charge in [-0.05, 0) is 70.4 Å². The van der Waals surface area contributed by atoms with Crippen LogP contribution in [0.3, 0.4) is 0 Å². The molecule has 1 fully saturated rings. The number of amides is 1. The second-order valence-corrected chi connectivity index (χ2v) is 12.4. The Morgan fingerprint density at radius 2 is 2.00 bits per heavy atom. The molecule has 1 saturated heterocycles. The predicted molar refractivity (Wildman–Crippen MR) is 162 cm³/mol. The number of hydrazone groups is 1. The zero-order valence-electron chi connectivity index (χ0n) is 23.9. The molecule has 2 aliphatic heterocycles. The van der Waals surface area contributed by atoms with Crippen LogP contribution in [0.4, 0.5) is 0 Å². The third-order valence-corrected chi connectivity index (χ3v) is 8.88. The van der Waals surface area contributed by atoms with Crippen LogP contribution < -0.4 is 5.43 Å². The van der Waals surface area contributed by atoms with Gasteiger partial charge in [-0.25, -0.2) is 0 Å². The van der Waals surface area contributed by atoms with Gasteiger partial charge in [-0.15, -0.1) is 0 Å². The van der Waals surface area contributed by atoms with E-state index in [9.17, 15) is 9.90 Å². The van der Waals surface area contributed by atoms with Crippen molar-refractivity contribution in [3.63, 3.8) is 0 Å². The molecule has 1 aliphatic carbocycles. The second kappa shape index (κ2) is 10.3. The highest BCUT2D eigenvalue weighted by molar-refractivity contribution is 6.31. The summed E-state index contributed by atoms with van der Waals surface area (Å²) in [4.78, 5) is 14.1. The molecule has 1 unspecified atom stereocenters. The lowest BCUT2D eigenvalue weighted by Crippen LogP contribution is -2.38. The Morgan fingerprint density at radius 3 is 2.71 bits per heavy atom. The number of carbonyl (C=O) groups is 1. The molecule has 1 amide bonds. The van der Waals surface area contributed by atoms with E-state index in [4.69, 9.17) is 16.7 Å². The molecule has 0 bridgehead atoms. The van der Waals surface area contributed by atoms with Crippen LogP contribution in [-0.4, -0.2) is 60.4 Å². The molecule has 2 N–H and O–H groups in total. The van der Waals surface area contributed by atoms with E-state index >= 15 is 0 Å². The van der Waals surface area contributed by atoms with Crippen molar-refractivity contribution >= 4 is 34.6 Å². The average molecular weight is 574 g/mol. The SMILES string of the molecule is C=CC(=O)N1CCC(n2nc(-c3ccc4nn(CC(C)(C)O)cc4c3)c([C@@H]3C(Cl)=C(C)C=C4NN=CC43)c2C)CC1. The van der Waals surface area contributed by atoms with Gasteiger partial charge < -0.3 is 10.0 Å². The van der Waals surface area contributed by atoms with E-state index in [0.29, 0.717) is 19.6 Å². The minimum atomic E-state index is -0.871. The lowest BCUT2D eigenvalue weighted by Gasteiger charge is -2.32. The Balaban J connectivity index is 1.46. The quantitative estimate of drug-likeness (QED) is 0.403. The fourth-order valence-electron chi connectivity index (χ4n) is 6.39. The molecule has 2 atom stereocenters. The van der Waals surface area contributed by atoms with E-state index in [1.807, 2.05) is 30.3 Å². The number of hydrogen-bond donors (Lipinski definition) is 2. The first kappa shape index (κ1) is 27.5. The summed E-state index contributed by atoms with van der Waals surface area (Å²) < 4.78 is 3.94. The molecular formula is C31H36ClN7O2. The lowest BCUT2D eigenvalue weighted by atomic mass is 9.78. The number of halogens is 1. The number of aliphatic hydroxyl groups is 1. The van der Waals surface area contributed by atoms with Crippen molar-refractivity contribution in [2.75, 3.05) is 13.1 Å². The van der Waals surface area contributed by atoms with Crippen molar-refractivity contribution in [2.45, 2.75) is 64.6 Å². The number of likely N-dealkylation sites (tertiary alicyclic amines) is 1. The van der Waals surface area contributed by atoms with Gasteiger partial charge in [-0.1, -0.05) is 24.2 Å². The highest BCUT2D eigenvalue weighted by Crippen LogP contribution is 2.48. The molecule has 2 aromatic heterocycles. The number of rotatable bonds is 6. The van der Waals surface area contributed by atoms with Gasteiger partial charge in [0.25, 0.3) is 0 Å². The first-order chi connectivity index (χ1) is 19.5. The highest BCUT2D eigenvalue weighted by Gasteiger charge is 2.39. The molecule has 1 aromatic carbocycles. The van der Waals surface area contributed by atoms with Crippen molar-refractivity contribution in [2.24, 2.45) is 11.0 Å². The number of nitrogens with zero attached hydrogens (tertiary/aromatic N) is 6. The van der Waals surface area contributed by atoms with Gasteiger partial charge in [-0.2, -0.15) is 15.3 Å². The summed E-state index contributed by atoms with van der Waals surface area (Å²) in [6.07, 6.45) is 9.00. The topological polar surface area (TPSA) is 101 Å². The van der Waals surface area contributed by atoms with Gasteiger partial charge in [0.05, 0.1) is 29.4 Å². The summed E-state index contributed by atoms with van der Waals surface area (Å²) in [5, 5.41) is 26.4. The number of nitrogens with one attached hydrogen (secondary N) is 1. The average Bonchev–Trinajstić information content (AvgIpc) is 3.64. The monoisotopic (exact) mass is 573 g/mol. The lowest BCUT2D eigenvalue weighted by molar-refractivity contribution is -0.127. The Bertz CT molecular complexity index is 1630. The number of allylic oxidation sites excluding steroid dienone is 4. The highest BCUT2D eigenvalue weighted by atomic mass is 35.5. The number of benzene rings is 1. The zero-order valence-corrected chi connectivity index (χ0v) is 24.7. The van der Waals surface area contributed by atoms with E-state index in [1.165, 1.54) is 6.08 Å². The van der Waals surface area contributed by atoms with Crippen LogP contribution >= 0.6 is 11.6 Å². The summed E-state index contributed by atoms with van der Waals surface area (Å²) in [5.74, 6) is -0.163. The minimum Gasteiger partial charge on any atom is -0.389 e. The van der Waals surface area contributed by atoms with E-state index in [-0.39, 0.29) is 23.8 Å². The van der Waals surface area contributed by atoms with E-state index in [1.54, 1.807) is 18.5 Å². The fraction of sp³-hybridized carbons (Fsp3) is 0.419. The number of piperidine rings is 1. The predicted octanol–water partition coefficient (Wildman–Crippen LogP) is 5.03. The van der Waals surface area contributed by atoms with Crippen LogP contribution in [0.25, 0.3) is 22.2 Å². The van der Waals surface area contributed by atoms with Gasteiger partial charge in [0.1, 0.15) is 0 Å². The summed E-state index contributed by atoms with van der Waals surface area (Å²) in [6.45, 7) is 13.1. The fourth-order valence-corrected chi connectivity index (χ4v) is 6.69. The van der Waals surface area contributed by atoms with Crippen LogP contribution in [0.2, 0.25) is 0 Å². The van der Waals surface area contributed by atoms with Crippen LogP contribution in [0.15, 0.2) is 64.5 Å². The summed E-state index contributed by atoms with van der Waals surface area (Å²) in [6, 6.07) is 6.36. The van der Waals surface area contributed by atoms with Crippen molar-refractivity contribution in [1.82, 2.24) is 29.9 Å². The van der Waals surface area contributed by atoms with E-state index in [0.717, 1.165) is 62.6 Å².